The summed E-state index contributed by atoms with van der Waals surface area (Å²) < 4.78 is 11.1. The first kappa shape index (κ1) is 17.3. The molecule has 5 heteroatoms. The minimum Gasteiger partial charge on any atom is -0.484 e. The Bertz CT molecular complexity index is 1080. The molecular weight excluding hydrogens is 342 g/mol. The van der Waals surface area contributed by atoms with Gasteiger partial charge >= 0.3 is 5.63 Å². The SMILES string of the molecule is CCc1c(C)c2ccc(OCC(=O)N3CCc4ccccc43)cc2oc1=O. The van der Waals surface area contributed by atoms with E-state index in [4.69, 9.17) is 9.15 Å². The van der Waals surface area contributed by atoms with E-state index < -0.39 is 0 Å². The van der Waals surface area contributed by atoms with Crippen molar-refractivity contribution in [3.05, 3.63) is 69.6 Å². The van der Waals surface area contributed by atoms with Crippen molar-refractivity contribution >= 4 is 22.6 Å². The number of aryl methyl sites for hydroxylation is 1. The van der Waals surface area contributed by atoms with Gasteiger partial charge in [-0.15, -0.1) is 0 Å². The van der Waals surface area contributed by atoms with E-state index in [2.05, 4.69) is 0 Å². The number of hydrogen-bond donors (Lipinski definition) is 0. The average Bonchev–Trinajstić information content (AvgIpc) is 3.10. The van der Waals surface area contributed by atoms with Gasteiger partial charge in [0.15, 0.2) is 6.61 Å². The van der Waals surface area contributed by atoms with E-state index in [0.29, 0.717) is 29.9 Å². The highest BCUT2D eigenvalue weighted by atomic mass is 16.5. The number of ether oxygens (including phenoxy) is 1. The summed E-state index contributed by atoms with van der Waals surface area (Å²) in [6.45, 7) is 4.47. The molecule has 0 saturated carbocycles. The van der Waals surface area contributed by atoms with Gasteiger partial charge in [-0.2, -0.15) is 0 Å². The average molecular weight is 363 g/mol. The van der Waals surface area contributed by atoms with Gasteiger partial charge in [0.1, 0.15) is 11.3 Å². The van der Waals surface area contributed by atoms with Gasteiger partial charge in [0.25, 0.3) is 5.91 Å². The van der Waals surface area contributed by atoms with E-state index in [1.54, 1.807) is 17.0 Å². The monoisotopic (exact) mass is 363 g/mol. The zero-order valence-electron chi connectivity index (χ0n) is 15.5. The Kier molecular flexibility index (Phi) is 4.44. The van der Waals surface area contributed by atoms with Gasteiger partial charge < -0.3 is 14.1 Å². The lowest BCUT2D eigenvalue weighted by atomic mass is 10.0. The lowest BCUT2D eigenvalue weighted by Gasteiger charge is -2.17. The fourth-order valence-corrected chi connectivity index (χ4v) is 3.69. The maximum atomic E-state index is 12.6. The smallest absolute Gasteiger partial charge is 0.339 e. The molecule has 1 aliphatic rings. The lowest BCUT2D eigenvalue weighted by molar-refractivity contribution is -0.120. The largest absolute Gasteiger partial charge is 0.484 e. The first-order valence-corrected chi connectivity index (χ1v) is 9.16. The van der Waals surface area contributed by atoms with Crippen molar-refractivity contribution in [2.24, 2.45) is 0 Å². The van der Waals surface area contributed by atoms with Gasteiger partial charge in [0, 0.05) is 29.2 Å². The molecule has 0 unspecified atom stereocenters. The molecule has 0 aliphatic carbocycles. The predicted molar refractivity (Wildman–Crippen MR) is 105 cm³/mol. The predicted octanol–water partition coefficient (Wildman–Crippen LogP) is 3.63. The van der Waals surface area contributed by atoms with Crippen LogP contribution in [0.5, 0.6) is 5.75 Å². The molecule has 1 aromatic heterocycles. The third-order valence-electron chi connectivity index (χ3n) is 5.16. The Labute approximate surface area is 157 Å². The molecule has 0 N–H and O–H groups in total. The second-order valence-electron chi connectivity index (χ2n) is 6.72. The Morgan fingerprint density at radius 2 is 2.04 bits per heavy atom. The highest BCUT2D eigenvalue weighted by Crippen LogP contribution is 2.28. The van der Waals surface area contributed by atoms with Crippen molar-refractivity contribution in [3.8, 4) is 5.75 Å². The first-order chi connectivity index (χ1) is 13.1. The maximum Gasteiger partial charge on any atom is 0.339 e. The van der Waals surface area contributed by atoms with Crippen molar-refractivity contribution in [3.63, 3.8) is 0 Å². The van der Waals surface area contributed by atoms with Gasteiger partial charge in [-0.05, 0) is 49.1 Å². The molecule has 4 rings (SSSR count). The summed E-state index contributed by atoms with van der Waals surface area (Å²) in [5.74, 6) is 0.425. The fourth-order valence-electron chi connectivity index (χ4n) is 3.69. The number of hydrogen-bond acceptors (Lipinski definition) is 4. The zero-order valence-corrected chi connectivity index (χ0v) is 15.5. The molecule has 2 aromatic carbocycles. The van der Waals surface area contributed by atoms with Crippen LogP contribution in [0.1, 0.15) is 23.6 Å². The molecule has 138 valence electrons. The van der Waals surface area contributed by atoms with Gasteiger partial charge in [0.05, 0.1) is 0 Å². The second kappa shape index (κ2) is 6.91. The van der Waals surface area contributed by atoms with Crippen LogP contribution in [0.3, 0.4) is 0 Å². The van der Waals surface area contributed by atoms with Crippen LogP contribution in [0.25, 0.3) is 11.0 Å². The van der Waals surface area contributed by atoms with E-state index in [1.165, 1.54) is 5.56 Å². The molecule has 3 aromatic rings. The highest BCUT2D eigenvalue weighted by molar-refractivity contribution is 5.96. The lowest BCUT2D eigenvalue weighted by Crippen LogP contribution is -2.33. The Balaban J connectivity index is 1.53. The maximum absolute atomic E-state index is 12.6. The van der Waals surface area contributed by atoms with Crippen LogP contribution in [0.2, 0.25) is 0 Å². The number of amides is 1. The summed E-state index contributed by atoms with van der Waals surface area (Å²) in [7, 11) is 0. The van der Waals surface area contributed by atoms with Crippen LogP contribution in [-0.2, 0) is 17.6 Å². The minimum atomic E-state index is -0.315. The Morgan fingerprint density at radius 1 is 1.22 bits per heavy atom. The van der Waals surface area contributed by atoms with E-state index in [0.717, 1.165) is 23.1 Å². The van der Waals surface area contributed by atoms with Crippen molar-refractivity contribution in [2.45, 2.75) is 26.7 Å². The van der Waals surface area contributed by atoms with Crippen LogP contribution < -0.4 is 15.3 Å². The quantitative estimate of drug-likeness (QED) is 0.664. The van der Waals surface area contributed by atoms with Crippen LogP contribution in [0, 0.1) is 6.92 Å². The molecule has 0 radical (unpaired) electrons. The van der Waals surface area contributed by atoms with E-state index in [-0.39, 0.29) is 18.1 Å². The zero-order chi connectivity index (χ0) is 19.0. The number of rotatable bonds is 4. The van der Waals surface area contributed by atoms with Gasteiger partial charge in [-0.3, -0.25) is 4.79 Å². The first-order valence-electron chi connectivity index (χ1n) is 9.16. The van der Waals surface area contributed by atoms with Crippen molar-refractivity contribution in [1.29, 1.82) is 0 Å². The van der Waals surface area contributed by atoms with Crippen LogP contribution in [-0.4, -0.2) is 19.1 Å². The normalized spacial score (nSPS) is 13.0. The number of carbonyl (C=O) groups is 1. The Hall–Kier alpha value is -3.08. The van der Waals surface area contributed by atoms with E-state index in [1.807, 2.05) is 44.2 Å². The molecule has 27 heavy (non-hydrogen) atoms. The van der Waals surface area contributed by atoms with Gasteiger partial charge in [0.2, 0.25) is 0 Å². The number of carbonyl (C=O) groups excluding carboxylic acids is 1. The number of anilines is 1. The van der Waals surface area contributed by atoms with Crippen LogP contribution >= 0.6 is 0 Å². The summed E-state index contributed by atoms with van der Waals surface area (Å²) >= 11 is 0. The minimum absolute atomic E-state index is 0.0594. The van der Waals surface area contributed by atoms with Crippen molar-refractivity contribution in [2.75, 3.05) is 18.1 Å². The number of fused-ring (bicyclic) bond motifs is 2. The molecule has 5 nitrogen and oxygen atoms in total. The molecule has 0 saturated heterocycles. The molecule has 1 aliphatic heterocycles. The number of nitrogens with zero attached hydrogens (tertiary/aromatic N) is 1. The third kappa shape index (κ3) is 3.10. The van der Waals surface area contributed by atoms with Crippen LogP contribution in [0.15, 0.2) is 51.7 Å². The molecule has 0 spiro atoms. The summed E-state index contributed by atoms with van der Waals surface area (Å²) in [5.41, 5.74) is 3.92. The topological polar surface area (TPSA) is 59.8 Å². The van der Waals surface area contributed by atoms with Crippen molar-refractivity contribution < 1.29 is 13.9 Å². The van der Waals surface area contributed by atoms with Crippen LogP contribution in [0.4, 0.5) is 5.69 Å². The van der Waals surface area contributed by atoms with Crippen molar-refractivity contribution in [1.82, 2.24) is 0 Å². The van der Waals surface area contributed by atoms with E-state index in [9.17, 15) is 9.59 Å². The summed E-state index contributed by atoms with van der Waals surface area (Å²) in [5, 5.41) is 0.888. The molecular formula is C22H21NO4. The molecule has 1 amide bonds. The van der Waals surface area contributed by atoms with Gasteiger partial charge in [-0.1, -0.05) is 25.1 Å². The third-order valence-corrected chi connectivity index (χ3v) is 5.16. The summed E-state index contributed by atoms with van der Waals surface area (Å²) in [6, 6.07) is 13.3. The Morgan fingerprint density at radius 3 is 2.85 bits per heavy atom. The standard InChI is InChI=1S/C22H21NO4/c1-3-17-14(2)18-9-8-16(12-20(18)27-22(17)25)26-13-21(24)23-11-10-15-6-4-5-7-19(15)23/h4-9,12H,3,10-11,13H2,1-2H3. The van der Waals surface area contributed by atoms with Gasteiger partial charge in [-0.25, -0.2) is 4.79 Å². The summed E-state index contributed by atoms with van der Waals surface area (Å²) in [6.07, 6.45) is 1.50. The molecule has 0 fully saturated rings. The summed E-state index contributed by atoms with van der Waals surface area (Å²) in [4.78, 5) is 26.4. The fraction of sp³-hybridized carbons (Fsp3) is 0.273. The second-order valence-corrected chi connectivity index (χ2v) is 6.72. The van der Waals surface area contributed by atoms with E-state index >= 15 is 0 Å². The molecule has 0 bridgehead atoms. The highest BCUT2D eigenvalue weighted by Gasteiger charge is 2.24. The molecule has 0 atom stereocenters. The molecule has 2 heterocycles. The number of para-hydroxylation sites is 1. The number of benzene rings is 2.